The molecule has 0 saturated carbocycles. The largest absolute Gasteiger partial charge is 0.459 e. The van der Waals surface area contributed by atoms with Crippen LogP contribution in [0.15, 0.2) is 104 Å². The normalized spacial score (nSPS) is 20.8. The van der Waals surface area contributed by atoms with Crippen molar-refractivity contribution >= 4 is 64.6 Å². The molecular formula is C32H26Cl3NO10. The lowest BCUT2D eigenvalue weighted by Gasteiger charge is -2.43. The summed E-state index contributed by atoms with van der Waals surface area (Å²) in [6.07, 6.45) is -7.96. The molecule has 240 valence electrons. The number of carbonyl (C=O) groups excluding carboxylic acids is 4. The van der Waals surface area contributed by atoms with E-state index in [1.54, 1.807) is 54.6 Å². The van der Waals surface area contributed by atoms with Crippen molar-refractivity contribution < 1.29 is 47.6 Å². The molecule has 3 aromatic carbocycles. The SMILES string of the molecule is C=CCOC(=O)[C@H]1O[C@H](OC(=N)C(Cl)(Cl)Cl)[C@H](OC(=O)c2ccccc2)[C@@H](OC(=O)c2ccccc2)[C@@H]1OC(=O)c1ccccc1. The molecule has 1 aliphatic heterocycles. The van der Waals surface area contributed by atoms with Gasteiger partial charge in [0.15, 0.2) is 18.3 Å². The van der Waals surface area contributed by atoms with Gasteiger partial charge in [0, 0.05) is 0 Å². The monoisotopic (exact) mass is 689 g/mol. The van der Waals surface area contributed by atoms with Crippen LogP contribution in [-0.2, 0) is 33.2 Å². The van der Waals surface area contributed by atoms with Gasteiger partial charge < -0.3 is 28.4 Å². The second-order valence-corrected chi connectivity index (χ2v) is 11.8. The summed E-state index contributed by atoms with van der Waals surface area (Å²) in [6.45, 7) is 3.22. The fourth-order valence-electron chi connectivity index (χ4n) is 4.19. The van der Waals surface area contributed by atoms with E-state index in [0.29, 0.717) is 0 Å². The number of ether oxygens (including phenoxy) is 6. The molecule has 3 aromatic rings. The Balaban J connectivity index is 1.83. The van der Waals surface area contributed by atoms with Crippen molar-refractivity contribution in [3.8, 4) is 0 Å². The average Bonchev–Trinajstić information content (AvgIpc) is 3.06. The Kier molecular flexibility index (Phi) is 11.8. The molecule has 0 aliphatic carbocycles. The van der Waals surface area contributed by atoms with Crippen LogP contribution in [-0.4, -0.2) is 70.9 Å². The Hall–Kier alpha value is -4.42. The molecule has 1 aliphatic rings. The highest BCUT2D eigenvalue weighted by molar-refractivity contribution is 6.76. The number of hydrogen-bond acceptors (Lipinski definition) is 11. The quantitative estimate of drug-likeness (QED) is 0.0724. The van der Waals surface area contributed by atoms with Gasteiger partial charge in [0.05, 0.1) is 16.7 Å². The van der Waals surface area contributed by atoms with E-state index in [1.807, 2.05) is 0 Å². The lowest BCUT2D eigenvalue weighted by Crippen LogP contribution is -2.64. The fraction of sp³-hybridized carbons (Fsp3) is 0.219. The summed E-state index contributed by atoms with van der Waals surface area (Å²) in [6, 6.07) is 23.1. The maximum Gasteiger partial charge on any atom is 0.339 e. The van der Waals surface area contributed by atoms with Crippen molar-refractivity contribution in [1.82, 2.24) is 0 Å². The van der Waals surface area contributed by atoms with Gasteiger partial charge in [0.2, 0.25) is 18.3 Å². The molecular weight excluding hydrogens is 665 g/mol. The molecule has 1 saturated heterocycles. The first-order valence-corrected chi connectivity index (χ1v) is 14.7. The van der Waals surface area contributed by atoms with Gasteiger partial charge in [-0.25, -0.2) is 19.2 Å². The molecule has 1 heterocycles. The Morgan fingerprint density at radius 3 is 1.52 bits per heavy atom. The summed E-state index contributed by atoms with van der Waals surface area (Å²) in [5.74, 6) is -4.95. The van der Waals surface area contributed by atoms with Crippen LogP contribution in [0.5, 0.6) is 0 Å². The first kappa shape index (κ1) is 34.5. The zero-order chi connectivity index (χ0) is 33.3. The van der Waals surface area contributed by atoms with Crippen molar-refractivity contribution in [3.63, 3.8) is 0 Å². The number of carbonyl (C=O) groups is 4. The topological polar surface area (TPSA) is 148 Å². The van der Waals surface area contributed by atoms with Crippen molar-refractivity contribution in [2.45, 2.75) is 34.5 Å². The fourth-order valence-corrected chi connectivity index (χ4v) is 4.32. The molecule has 11 nitrogen and oxygen atoms in total. The van der Waals surface area contributed by atoms with Gasteiger partial charge in [-0.05, 0) is 36.4 Å². The second kappa shape index (κ2) is 15.7. The number of alkyl halides is 3. The number of halogens is 3. The minimum atomic E-state index is -2.43. The average molecular weight is 691 g/mol. The number of hydrogen-bond donors (Lipinski definition) is 1. The summed E-state index contributed by atoms with van der Waals surface area (Å²) in [5.41, 5.74) is 0.201. The van der Waals surface area contributed by atoms with Gasteiger partial charge in [0.25, 0.3) is 3.79 Å². The van der Waals surface area contributed by atoms with Crippen molar-refractivity contribution in [2.75, 3.05) is 6.61 Å². The van der Waals surface area contributed by atoms with Crippen LogP contribution in [0.25, 0.3) is 0 Å². The third-order valence-electron chi connectivity index (χ3n) is 6.32. The highest BCUT2D eigenvalue weighted by Crippen LogP contribution is 2.35. The van der Waals surface area contributed by atoms with E-state index >= 15 is 0 Å². The zero-order valence-corrected chi connectivity index (χ0v) is 26.0. The second-order valence-electron chi connectivity index (χ2n) is 9.50. The molecule has 4 rings (SSSR count). The molecule has 0 spiro atoms. The Labute approximate surface area is 278 Å². The summed E-state index contributed by atoms with van der Waals surface area (Å²) in [4.78, 5) is 53.4. The van der Waals surface area contributed by atoms with Crippen LogP contribution in [0.4, 0.5) is 0 Å². The molecule has 1 fully saturated rings. The molecule has 5 atom stereocenters. The maximum atomic E-state index is 13.4. The molecule has 46 heavy (non-hydrogen) atoms. The smallest absolute Gasteiger partial charge is 0.339 e. The molecule has 14 heteroatoms. The minimum Gasteiger partial charge on any atom is -0.459 e. The number of esters is 4. The van der Waals surface area contributed by atoms with E-state index < -0.39 is 64.3 Å². The predicted octanol–water partition coefficient (Wildman–Crippen LogP) is 5.48. The van der Waals surface area contributed by atoms with E-state index in [1.165, 1.54) is 42.5 Å². The lowest BCUT2D eigenvalue weighted by molar-refractivity contribution is -0.274. The first-order valence-electron chi connectivity index (χ1n) is 13.5. The summed E-state index contributed by atoms with van der Waals surface area (Å²) >= 11 is 17.5. The van der Waals surface area contributed by atoms with Crippen LogP contribution in [0, 0.1) is 5.41 Å². The van der Waals surface area contributed by atoms with Crippen LogP contribution in [0.2, 0.25) is 0 Å². The summed E-state index contributed by atoms with van der Waals surface area (Å²) < 4.78 is 31.3. The van der Waals surface area contributed by atoms with Crippen LogP contribution in [0.1, 0.15) is 31.1 Å². The van der Waals surface area contributed by atoms with E-state index in [4.69, 9.17) is 68.6 Å². The van der Waals surface area contributed by atoms with Crippen molar-refractivity contribution in [3.05, 3.63) is 120 Å². The van der Waals surface area contributed by atoms with Crippen molar-refractivity contribution in [1.29, 1.82) is 5.41 Å². The van der Waals surface area contributed by atoms with Crippen LogP contribution in [0.3, 0.4) is 0 Å². The predicted molar refractivity (Wildman–Crippen MR) is 166 cm³/mol. The van der Waals surface area contributed by atoms with Gasteiger partial charge in [0.1, 0.15) is 6.61 Å². The van der Waals surface area contributed by atoms with Crippen LogP contribution >= 0.6 is 34.8 Å². The minimum absolute atomic E-state index is 0.0625. The highest BCUT2D eigenvalue weighted by atomic mass is 35.6. The van der Waals surface area contributed by atoms with Gasteiger partial charge in [-0.3, -0.25) is 5.41 Å². The number of nitrogens with one attached hydrogen (secondary N) is 1. The summed E-state index contributed by atoms with van der Waals surface area (Å²) in [7, 11) is 0. The Morgan fingerprint density at radius 2 is 1.11 bits per heavy atom. The molecule has 0 unspecified atom stereocenters. The molecule has 0 radical (unpaired) electrons. The Morgan fingerprint density at radius 1 is 0.696 bits per heavy atom. The summed E-state index contributed by atoms with van der Waals surface area (Å²) in [5, 5.41) is 8.15. The standard InChI is InChI=1S/C32H26Cl3NO10/c1-2-18-41-29(40)24-22(42-26(37)19-12-6-3-7-13-19)23(43-27(38)20-14-8-4-9-15-20)25(30(45-24)46-31(36)32(33,34)35)44-28(39)21-16-10-5-11-17-21/h2-17,22-25,30,36H,1,18H2/t22-,23-,24-,25+,30+/m0/s1. The van der Waals surface area contributed by atoms with E-state index in [0.717, 1.165) is 0 Å². The molecule has 0 bridgehead atoms. The van der Waals surface area contributed by atoms with Gasteiger partial charge >= 0.3 is 23.9 Å². The first-order chi connectivity index (χ1) is 22.0. The van der Waals surface area contributed by atoms with Crippen LogP contribution < -0.4 is 0 Å². The molecule has 0 amide bonds. The molecule has 0 aromatic heterocycles. The number of rotatable bonds is 10. The maximum absolute atomic E-state index is 13.4. The zero-order valence-electron chi connectivity index (χ0n) is 23.8. The Bertz CT molecular complexity index is 1550. The number of benzene rings is 3. The lowest BCUT2D eigenvalue weighted by atomic mass is 9.97. The van der Waals surface area contributed by atoms with Gasteiger partial charge in [-0.15, -0.1) is 0 Å². The van der Waals surface area contributed by atoms with Gasteiger partial charge in [-0.1, -0.05) is 102 Å². The third-order valence-corrected chi connectivity index (χ3v) is 6.83. The highest BCUT2D eigenvalue weighted by Gasteiger charge is 2.57. The van der Waals surface area contributed by atoms with E-state index in [-0.39, 0.29) is 23.3 Å². The third kappa shape index (κ3) is 8.85. The van der Waals surface area contributed by atoms with E-state index in [2.05, 4.69) is 6.58 Å². The van der Waals surface area contributed by atoms with Crippen molar-refractivity contribution in [2.24, 2.45) is 0 Å². The van der Waals surface area contributed by atoms with Gasteiger partial charge in [-0.2, -0.15) is 0 Å². The molecule has 1 N–H and O–H groups in total. The van der Waals surface area contributed by atoms with E-state index in [9.17, 15) is 19.2 Å².